The lowest BCUT2D eigenvalue weighted by Gasteiger charge is -2.30. The van der Waals surface area contributed by atoms with Gasteiger partial charge in [0, 0.05) is 49.0 Å². The van der Waals surface area contributed by atoms with E-state index >= 15 is 0 Å². The SMILES string of the molecule is Cc1ccc(S(=O)n2cc(C(F)F)c3c(N4CCNCC4)cccc32)cc1. The van der Waals surface area contributed by atoms with Crippen molar-refractivity contribution >= 4 is 27.6 Å². The minimum absolute atomic E-state index is 0.0698. The van der Waals surface area contributed by atoms with Crippen molar-refractivity contribution in [2.45, 2.75) is 18.2 Å². The van der Waals surface area contributed by atoms with Crippen molar-refractivity contribution in [3.8, 4) is 0 Å². The second-order valence-corrected chi connectivity index (χ2v) is 8.04. The first-order valence-corrected chi connectivity index (χ1v) is 10.0. The minimum Gasteiger partial charge on any atom is -0.368 e. The average molecular weight is 389 g/mol. The van der Waals surface area contributed by atoms with Gasteiger partial charge in [-0.05, 0) is 31.2 Å². The van der Waals surface area contributed by atoms with E-state index in [0.29, 0.717) is 15.8 Å². The molecule has 2 heterocycles. The third kappa shape index (κ3) is 3.37. The molecule has 1 N–H and O–H groups in total. The van der Waals surface area contributed by atoms with Gasteiger partial charge < -0.3 is 10.2 Å². The van der Waals surface area contributed by atoms with Crippen LogP contribution in [0, 0.1) is 6.92 Å². The van der Waals surface area contributed by atoms with Gasteiger partial charge in [-0.25, -0.2) is 13.0 Å². The molecule has 7 heteroatoms. The Kier molecular flexibility index (Phi) is 4.97. The van der Waals surface area contributed by atoms with Gasteiger partial charge in [0.2, 0.25) is 0 Å². The van der Waals surface area contributed by atoms with Crippen LogP contribution in [0.25, 0.3) is 10.9 Å². The summed E-state index contributed by atoms with van der Waals surface area (Å²) in [5, 5.41) is 3.77. The molecule has 1 fully saturated rings. The van der Waals surface area contributed by atoms with Gasteiger partial charge in [-0.3, -0.25) is 3.97 Å². The number of alkyl halides is 2. The number of nitrogens with zero attached hydrogens (tertiary/aromatic N) is 2. The smallest absolute Gasteiger partial charge is 0.266 e. The van der Waals surface area contributed by atoms with E-state index in [2.05, 4.69) is 10.2 Å². The van der Waals surface area contributed by atoms with Crippen molar-refractivity contribution in [1.29, 1.82) is 0 Å². The highest BCUT2D eigenvalue weighted by Crippen LogP contribution is 2.37. The van der Waals surface area contributed by atoms with Crippen LogP contribution >= 0.6 is 0 Å². The molecule has 0 saturated carbocycles. The van der Waals surface area contributed by atoms with E-state index < -0.39 is 17.4 Å². The molecule has 0 aliphatic carbocycles. The number of benzene rings is 2. The summed E-state index contributed by atoms with van der Waals surface area (Å²) in [6.07, 6.45) is -1.29. The van der Waals surface area contributed by atoms with Crippen LogP contribution in [-0.2, 0) is 11.0 Å². The zero-order valence-corrected chi connectivity index (χ0v) is 15.8. The molecule has 0 radical (unpaired) electrons. The molecule has 1 atom stereocenters. The number of aryl methyl sites for hydroxylation is 1. The van der Waals surface area contributed by atoms with Gasteiger partial charge in [0.1, 0.15) is 0 Å². The summed E-state index contributed by atoms with van der Waals surface area (Å²) in [5.41, 5.74) is 2.34. The Morgan fingerprint density at radius 3 is 2.44 bits per heavy atom. The van der Waals surface area contributed by atoms with Crippen molar-refractivity contribution in [2.24, 2.45) is 0 Å². The molecule has 1 saturated heterocycles. The zero-order valence-electron chi connectivity index (χ0n) is 15.0. The van der Waals surface area contributed by atoms with Crippen LogP contribution < -0.4 is 10.2 Å². The van der Waals surface area contributed by atoms with Gasteiger partial charge in [0.15, 0.2) is 11.0 Å². The molecule has 3 aromatic rings. The van der Waals surface area contributed by atoms with Gasteiger partial charge in [-0.2, -0.15) is 0 Å². The topological polar surface area (TPSA) is 37.3 Å². The fraction of sp³-hybridized carbons (Fsp3) is 0.300. The Hall–Kier alpha value is -2.25. The summed E-state index contributed by atoms with van der Waals surface area (Å²) in [5.74, 6) is 0. The minimum atomic E-state index is -2.63. The van der Waals surface area contributed by atoms with Gasteiger partial charge >= 0.3 is 0 Å². The van der Waals surface area contributed by atoms with Crippen molar-refractivity contribution in [1.82, 2.24) is 9.29 Å². The first-order chi connectivity index (χ1) is 13.1. The Morgan fingerprint density at radius 2 is 1.78 bits per heavy atom. The van der Waals surface area contributed by atoms with Gasteiger partial charge in [-0.15, -0.1) is 0 Å². The van der Waals surface area contributed by atoms with E-state index in [1.807, 2.05) is 31.2 Å². The largest absolute Gasteiger partial charge is 0.368 e. The Morgan fingerprint density at radius 1 is 1.07 bits per heavy atom. The highest BCUT2D eigenvalue weighted by Gasteiger charge is 2.24. The van der Waals surface area contributed by atoms with Crippen LogP contribution in [0.3, 0.4) is 0 Å². The standard InChI is InChI=1S/C20H21F2N3OS/c1-14-5-7-15(8-6-14)27(26)25-13-16(20(21)22)19-17(3-2-4-18(19)25)24-11-9-23-10-12-24/h2-8,13,20,23H,9-12H2,1H3. The molecule has 0 bridgehead atoms. The van der Waals surface area contributed by atoms with Crippen LogP contribution in [0.4, 0.5) is 14.5 Å². The van der Waals surface area contributed by atoms with Crippen LogP contribution in [0.1, 0.15) is 17.6 Å². The lowest BCUT2D eigenvalue weighted by atomic mass is 10.1. The molecule has 1 aromatic heterocycles. The van der Waals surface area contributed by atoms with Crippen molar-refractivity contribution in [3.05, 3.63) is 59.8 Å². The lowest BCUT2D eigenvalue weighted by molar-refractivity contribution is 0.153. The predicted molar refractivity (Wildman–Crippen MR) is 105 cm³/mol. The predicted octanol–water partition coefficient (Wildman–Crippen LogP) is 3.87. The van der Waals surface area contributed by atoms with Crippen molar-refractivity contribution in [2.75, 3.05) is 31.1 Å². The number of nitrogens with one attached hydrogen (secondary N) is 1. The fourth-order valence-corrected chi connectivity index (χ4v) is 4.64. The van der Waals surface area contributed by atoms with E-state index in [4.69, 9.17) is 0 Å². The Labute approximate surface area is 159 Å². The first-order valence-electron chi connectivity index (χ1n) is 8.93. The van der Waals surface area contributed by atoms with E-state index in [1.54, 1.807) is 18.2 Å². The summed E-state index contributed by atoms with van der Waals surface area (Å²) >= 11 is 0. The monoisotopic (exact) mass is 389 g/mol. The normalized spacial score (nSPS) is 16.2. The first kappa shape index (κ1) is 18.1. The number of hydrogen-bond donors (Lipinski definition) is 1. The van der Waals surface area contributed by atoms with E-state index in [-0.39, 0.29) is 5.56 Å². The highest BCUT2D eigenvalue weighted by atomic mass is 32.2. The molecule has 4 nitrogen and oxygen atoms in total. The maximum Gasteiger partial charge on any atom is 0.266 e. The third-order valence-electron chi connectivity index (χ3n) is 4.90. The van der Waals surface area contributed by atoms with Crippen molar-refractivity contribution < 1.29 is 13.0 Å². The van der Waals surface area contributed by atoms with Gasteiger partial charge in [-0.1, -0.05) is 23.8 Å². The molecule has 142 valence electrons. The van der Waals surface area contributed by atoms with Crippen molar-refractivity contribution in [3.63, 3.8) is 0 Å². The van der Waals surface area contributed by atoms with Crippen LogP contribution in [0.15, 0.2) is 53.6 Å². The van der Waals surface area contributed by atoms with Gasteiger partial charge in [0.05, 0.1) is 10.4 Å². The number of aromatic nitrogens is 1. The number of halogens is 2. The molecule has 2 aromatic carbocycles. The molecule has 0 amide bonds. The summed E-state index contributed by atoms with van der Waals surface area (Å²) in [7, 11) is -1.59. The molecule has 1 aliphatic rings. The van der Waals surface area contributed by atoms with E-state index in [1.165, 1.54) is 10.2 Å². The summed E-state index contributed by atoms with van der Waals surface area (Å²) in [6.45, 7) is 5.10. The Balaban J connectivity index is 1.87. The number of fused-ring (bicyclic) bond motifs is 1. The fourth-order valence-electron chi connectivity index (χ4n) is 3.51. The molecule has 0 spiro atoms. The molecule has 27 heavy (non-hydrogen) atoms. The average Bonchev–Trinajstić information content (AvgIpc) is 3.09. The van der Waals surface area contributed by atoms with Gasteiger partial charge in [0.25, 0.3) is 6.43 Å². The summed E-state index contributed by atoms with van der Waals surface area (Å²) in [6, 6.07) is 12.8. The van der Waals surface area contributed by atoms with Crippen LogP contribution in [-0.4, -0.2) is 34.4 Å². The number of hydrogen-bond acceptors (Lipinski definition) is 3. The van der Waals surface area contributed by atoms with Crippen LogP contribution in [0.5, 0.6) is 0 Å². The number of rotatable bonds is 4. The van der Waals surface area contributed by atoms with E-state index in [0.717, 1.165) is 37.4 Å². The number of piperazine rings is 1. The maximum atomic E-state index is 13.8. The molecule has 4 rings (SSSR count). The Bertz CT molecular complexity index is 979. The quantitative estimate of drug-likeness (QED) is 0.736. The molecular weight excluding hydrogens is 368 g/mol. The zero-order chi connectivity index (χ0) is 19.0. The second-order valence-electron chi connectivity index (χ2n) is 6.68. The third-order valence-corrected chi connectivity index (χ3v) is 6.23. The van der Waals surface area contributed by atoms with Crippen LogP contribution in [0.2, 0.25) is 0 Å². The molecule has 1 unspecified atom stereocenters. The summed E-state index contributed by atoms with van der Waals surface area (Å²) < 4.78 is 42.2. The highest BCUT2D eigenvalue weighted by molar-refractivity contribution is 7.83. The molecule has 1 aliphatic heterocycles. The lowest BCUT2D eigenvalue weighted by Crippen LogP contribution is -2.43. The summed E-state index contributed by atoms with van der Waals surface area (Å²) in [4.78, 5) is 2.70. The maximum absolute atomic E-state index is 13.8. The number of anilines is 1. The molecular formula is C20H21F2N3OS. The second kappa shape index (κ2) is 7.40. The van der Waals surface area contributed by atoms with E-state index in [9.17, 15) is 13.0 Å².